The van der Waals surface area contributed by atoms with Gasteiger partial charge in [0.15, 0.2) is 0 Å². The van der Waals surface area contributed by atoms with E-state index < -0.39 is 11.9 Å². The van der Waals surface area contributed by atoms with Gasteiger partial charge in [-0.05, 0) is 55.9 Å². The van der Waals surface area contributed by atoms with Gasteiger partial charge in [-0.25, -0.2) is 0 Å². The molecule has 164 valence electrons. The lowest BCUT2D eigenvalue weighted by Crippen LogP contribution is -1.90. The van der Waals surface area contributed by atoms with Crippen molar-refractivity contribution in [1.82, 2.24) is 0 Å². The molecule has 4 heteroatoms. The first-order valence-electron chi connectivity index (χ1n) is 11.0. The topological polar surface area (TPSA) is 74.6 Å². The number of benzene rings is 5. The maximum Gasteiger partial charge on any atom is 0.303 e. The van der Waals surface area contributed by atoms with Gasteiger partial charge in [0.1, 0.15) is 0 Å². The maximum absolute atomic E-state index is 9.60. The highest BCUT2D eigenvalue weighted by Crippen LogP contribution is 2.39. The third-order valence-corrected chi connectivity index (χ3v) is 5.32. The van der Waals surface area contributed by atoms with E-state index in [4.69, 9.17) is 10.2 Å². The van der Waals surface area contributed by atoms with Crippen molar-refractivity contribution in [2.45, 2.75) is 39.5 Å². The van der Waals surface area contributed by atoms with Crippen LogP contribution in [0.1, 0.15) is 39.5 Å². The minimum absolute atomic E-state index is 0.292. The lowest BCUT2D eigenvalue weighted by molar-refractivity contribution is -0.138. The predicted molar refractivity (Wildman–Crippen MR) is 133 cm³/mol. The summed E-state index contributed by atoms with van der Waals surface area (Å²) in [6.45, 7) is 3.68. The van der Waals surface area contributed by atoms with Gasteiger partial charge in [-0.15, -0.1) is 0 Å². The molecule has 4 nitrogen and oxygen atoms in total. The number of carboxylic acid groups (broad SMARTS) is 2. The van der Waals surface area contributed by atoms with Crippen molar-refractivity contribution in [2.24, 2.45) is 0 Å². The van der Waals surface area contributed by atoms with Gasteiger partial charge in [0.2, 0.25) is 0 Å². The molecule has 0 saturated carbocycles. The standard InChI is InChI=1S/C20H12.2C4H8O2/c1-5-13-6-2-11-17-18-12-4-8-14-7-3-10-16(20(14)18)15(9-1)19(13)17;2*1-2-3-4(5)6/h1-12H;2*2-3H2,1H3,(H,5,6). The fourth-order valence-electron chi connectivity index (χ4n) is 4.01. The molecule has 5 aromatic rings. The van der Waals surface area contributed by atoms with E-state index in [2.05, 4.69) is 72.8 Å². The molecule has 0 spiro atoms. The average Bonchev–Trinajstić information content (AvgIpc) is 2.78. The Morgan fingerprint density at radius 1 is 0.562 bits per heavy atom. The zero-order valence-corrected chi connectivity index (χ0v) is 18.5. The molecule has 0 unspecified atom stereocenters. The maximum atomic E-state index is 9.60. The van der Waals surface area contributed by atoms with Crippen LogP contribution in [0.15, 0.2) is 72.8 Å². The Bertz CT molecular complexity index is 1170. The summed E-state index contributed by atoms with van der Waals surface area (Å²) in [6, 6.07) is 26.4. The lowest BCUT2D eigenvalue weighted by atomic mass is 9.90. The number of rotatable bonds is 4. The summed E-state index contributed by atoms with van der Waals surface area (Å²) < 4.78 is 0. The van der Waals surface area contributed by atoms with E-state index in [-0.39, 0.29) is 0 Å². The Hall–Kier alpha value is -3.66. The molecule has 2 N–H and O–H groups in total. The zero-order chi connectivity index (χ0) is 23.1. The van der Waals surface area contributed by atoms with Gasteiger partial charge >= 0.3 is 11.9 Å². The number of carbonyl (C=O) groups is 2. The average molecular weight is 429 g/mol. The first-order valence-corrected chi connectivity index (χ1v) is 11.0. The van der Waals surface area contributed by atoms with Crippen molar-refractivity contribution in [3.8, 4) is 0 Å². The predicted octanol–water partition coefficient (Wildman–Crippen LogP) is 7.48. The Morgan fingerprint density at radius 2 is 0.844 bits per heavy atom. The van der Waals surface area contributed by atoms with Crippen LogP contribution in [0.2, 0.25) is 0 Å². The van der Waals surface area contributed by atoms with Gasteiger partial charge < -0.3 is 10.2 Å². The molecule has 0 radical (unpaired) electrons. The van der Waals surface area contributed by atoms with E-state index in [0.717, 1.165) is 12.8 Å². The SMILES string of the molecule is CCCC(=O)O.CCCC(=O)O.c1cc2cccc3c4cccc5cccc(c(c1)c23)c54. The van der Waals surface area contributed by atoms with Crippen LogP contribution in [0.25, 0.3) is 43.1 Å². The van der Waals surface area contributed by atoms with Crippen LogP contribution in [0.4, 0.5) is 0 Å². The Labute approximate surface area is 187 Å². The van der Waals surface area contributed by atoms with Crippen molar-refractivity contribution in [2.75, 3.05) is 0 Å². The van der Waals surface area contributed by atoms with Crippen molar-refractivity contribution in [3.63, 3.8) is 0 Å². The highest BCUT2D eigenvalue weighted by atomic mass is 16.4. The molecule has 32 heavy (non-hydrogen) atoms. The van der Waals surface area contributed by atoms with Crippen LogP contribution >= 0.6 is 0 Å². The Balaban J connectivity index is 0.000000203. The van der Waals surface area contributed by atoms with Gasteiger partial charge in [-0.1, -0.05) is 86.6 Å². The summed E-state index contributed by atoms with van der Waals surface area (Å²) in [4.78, 5) is 19.2. The van der Waals surface area contributed by atoms with E-state index in [9.17, 15) is 9.59 Å². The van der Waals surface area contributed by atoms with Gasteiger partial charge in [0.25, 0.3) is 0 Å². The molecule has 0 aromatic heterocycles. The number of fused-ring (bicyclic) bond motifs is 2. The quantitative estimate of drug-likeness (QED) is 0.230. The number of carboxylic acids is 2. The van der Waals surface area contributed by atoms with Crippen LogP contribution in [-0.4, -0.2) is 22.2 Å². The van der Waals surface area contributed by atoms with Gasteiger partial charge in [0, 0.05) is 12.8 Å². The van der Waals surface area contributed by atoms with Crippen molar-refractivity contribution in [3.05, 3.63) is 72.8 Å². The van der Waals surface area contributed by atoms with Crippen LogP contribution in [0, 0.1) is 0 Å². The van der Waals surface area contributed by atoms with E-state index in [1.165, 1.54) is 43.1 Å². The first-order chi connectivity index (χ1) is 15.5. The van der Waals surface area contributed by atoms with E-state index in [1.54, 1.807) is 0 Å². The van der Waals surface area contributed by atoms with Gasteiger partial charge in [-0.3, -0.25) is 9.59 Å². The van der Waals surface area contributed by atoms with Crippen molar-refractivity contribution < 1.29 is 19.8 Å². The highest BCUT2D eigenvalue weighted by Gasteiger charge is 2.11. The van der Waals surface area contributed by atoms with Gasteiger partial charge in [0.05, 0.1) is 0 Å². The Kier molecular flexibility index (Phi) is 7.61. The minimum atomic E-state index is -0.711. The lowest BCUT2D eigenvalue weighted by Gasteiger charge is -2.13. The van der Waals surface area contributed by atoms with Gasteiger partial charge in [-0.2, -0.15) is 0 Å². The summed E-state index contributed by atoms with van der Waals surface area (Å²) >= 11 is 0. The molecule has 0 aliphatic rings. The molecular weight excluding hydrogens is 400 g/mol. The molecule has 0 fully saturated rings. The monoisotopic (exact) mass is 428 g/mol. The molecule has 0 aliphatic heterocycles. The second-order valence-corrected chi connectivity index (χ2v) is 7.71. The number of hydrogen-bond acceptors (Lipinski definition) is 2. The third kappa shape index (κ3) is 4.97. The number of hydrogen-bond donors (Lipinski definition) is 2. The van der Waals surface area contributed by atoms with E-state index in [0.29, 0.717) is 12.8 Å². The minimum Gasteiger partial charge on any atom is -0.481 e. The summed E-state index contributed by atoms with van der Waals surface area (Å²) in [7, 11) is 0. The molecule has 0 amide bonds. The molecule has 0 aliphatic carbocycles. The summed E-state index contributed by atoms with van der Waals surface area (Å²) in [5, 5.41) is 26.7. The molecule has 0 heterocycles. The van der Waals surface area contributed by atoms with Crippen LogP contribution in [0.3, 0.4) is 0 Å². The largest absolute Gasteiger partial charge is 0.481 e. The second kappa shape index (κ2) is 10.6. The van der Waals surface area contributed by atoms with Crippen LogP contribution in [0.5, 0.6) is 0 Å². The smallest absolute Gasteiger partial charge is 0.303 e. The Morgan fingerprint density at radius 3 is 1.03 bits per heavy atom. The molecule has 5 aromatic carbocycles. The van der Waals surface area contributed by atoms with Crippen molar-refractivity contribution in [1.29, 1.82) is 0 Å². The molecule has 5 rings (SSSR count). The molecular formula is C28H28O4. The molecule has 0 bridgehead atoms. The fourth-order valence-corrected chi connectivity index (χ4v) is 4.01. The zero-order valence-electron chi connectivity index (χ0n) is 18.5. The summed E-state index contributed by atoms with van der Waals surface area (Å²) in [5.74, 6) is -1.42. The van der Waals surface area contributed by atoms with Crippen LogP contribution < -0.4 is 0 Å². The second-order valence-electron chi connectivity index (χ2n) is 7.71. The molecule has 0 atom stereocenters. The van der Waals surface area contributed by atoms with Crippen molar-refractivity contribution >= 4 is 55.0 Å². The van der Waals surface area contributed by atoms with E-state index in [1.807, 2.05) is 13.8 Å². The van der Waals surface area contributed by atoms with E-state index >= 15 is 0 Å². The summed E-state index contributed by atoms with van der Waals surface area (Å²) in [6.07, 6.45) is 2.05. The first kappa shape index (κ1) is 23.0. The fraction of sp³-hybridized carbons (Fsp3) is 0.214. The molecule has 0 saturated heterocycles. The highest BCUT2D eigenvalue weighted by molar-refractivity contribution is 6.32. The summed E-state index contributed by atoms with van der Waals surface area (Å²) in [5.41, 5.74) is 0. The van der Waals surface area contributed by atoms with Crippen LogP contribution in [-0.2, 0) is 9.59 Å². The number of aliphatic carboxylic acids is 2. The third-order valence-electron chi connectivity index (χ3n) is 5.32. The normalized spacial score (nSPS) is 10.6.